The highest BCUT2D eigenvalue weighted by Crippen LogP contribution is 2.16. The molecule has 6 heteroatoms. The Morgan fingerprint density at radius 1 is 0.478 bits per heavy atom. The van der Waals surface area contributed by atoms with Crippen LogP contribution >= 0.6 is 0 Å². The van der Waals surface area contributed by atoms with Gasteiger partial charge in [0.25, 0.3) is 0 Å². The van der Waals surface area contributed by atoms with E-state index in [0.29, 0.717) is 19.3 Å². The van der Waals surface area contributed by atoms with Crippen LogP contribution in [0.4, 0.5) is 0 Å². The summed E-state index contributed by atoms with van der Waals surface area (Å²) in [4.78, 5) is 26.2. The highest BCUT2D eigenvalue weighted by atomic mass is 16.5. The van der Waals surface area contributed by atoms with E-state index in [-0.39, 0.29) is 24.9 Å². The lowest BCUT2D eigenvalue weighted by molar-refractivity contribution is -0.148. The van der Waals surface area contributed by atoms with Crippen molar-refractivity contribution in [3.05, 3.63) is 122 Å². The number of hydrogen-bond acceptors (Lipinski definition) is 5. The van der Waals surface area contributed by atoms with Gasteiger partial charge in [0.1, 0.15) is 6.10 Å². The number of aliphatic hydroxyl groups excluding tert-OH is 2. The minimum absolute atomic E-state index is 0.0640. The molecule has 6 nitrogen and oxygen atoms in total. The zero-order valence-electron chi connectivity index (χ0n) is 43.2. The van der Waals surface area contributed by atoms with Gasteiger partial charge in [0.15, 0.2) is 0 Å². The summed E-state index contributed by atoms with van der Waals surface area (Å²) < 4.78 is 5.82. The Kier molecular flexibility index (Phi) is 50.2. The number of esters is 1. The second kappa shape index (κ2) is 53.2. The molecule has 0 radical (unpaired) electrons. The zero-order valence-corrected chi connectivity index (χ0v) is 43.2. The fourth-order valence-electron chi connectivity index (χ4n) is 7.54. The molecule has 0 spiro atoms. The van der Waals surface area contributed by atoms with Crippen LogP contribution in [0.1, 0.15) is 226 Å². The predicted molar refractivity (Wildman–Crippen MR) is 291 cm³/mol. The molecule has 0 saturated carbocycles. The predicted octanol–water partition coefficient (Wildman–Crippen LogP) is 16.8. The van der Waals surface area contributed by atoms with Gasteiger partial charge in [-0.2, -0.15) is 0 Å². The van der Waals surface area contributed by atoms with Crippen LogP contribution in [-0.2, 0) is 14.3 Å². The van der Waals surface area contributed by atoms with Gasteiger partial charge in [-0.3, -0.25) is 9.59 Å². The van der Waals surface area contributed by atoms with Gasteiger partial charge in [0.2, 0.25) is 5.91 Å². The van der Waals surface area contributed by atoms with Crippen molar-refractivity contribution in [3.8, 4) is 0 Å². The van der Waals surface area contributed by atoms with E-state index in [2.05, 4.69) is 111 Å². The van der Waals surface area contributed by atoms with Gasteiger partial charge < -0.3 is 20.3 Å². The summed E-state index contributed by atoms with van der Waals surface area (Å²) in [5, 5.41) is 23.8. The largest absolute Gasteiger partial charge is 0.458 e. The van der Waals surface area contributed by atoms with E-state index in [1.807, 2.05) is 30.4 Å². The minimum Gasteiger partial charge on any atom is -0.458 e. The van der Waals surface area contributed by atoms with Crippen molar-refractivity contribution in [1.82, 2.24) is 5.32 Å². The van der Waals surface area contributed by atoms with Crippen LogP contribution in [0.15, 0.2) is 122 Å². The maximum atomic E-state index is 13.2. The van der Waals surface area contributed by atoms with Gasteiger partial charge in [-0.15, -0.1) is 0 Å². The van der Waals surface area contributed by atoms with Gasteiger partial charge in [0.05, 0.1) is 25.2 Å². The Hall–Kier alpha value is -3.74. The lowest BCUT2D eigenvalue weighted by Gasteiger charge is -2.23. The van der Waals surface area contributed by atoms with Crippen molar-refractivity contribution in [3.63, 3.8) is 0 Å². The summed E-state index contributed by atoms with van der Waals surface area (Å²) in [6, 6.07) is -0.756. The van der Waals surface area contributed by atoms with E-state index in [1.54, 1.807) is 6.08 Å². The smallest absolute Gasteiger partial charge is 0.306 e. The molecule has 0 fully saturated rings. The third kappa shape index (κ3) is 48.5. The van der Waals surface area contributed by atoms with Crippen molar-refractivity contribution in [2.75, 3.05) is 6.61 Å². The number of ether oxygens (including phenoxy) is 1. The van der Waals surface area contributed by atoms with Crippen LogP contribution in [0.5, 0.6) is 0 Å². The molecule has 3 unspecified atom stereocenters. The van der Waals surface area contributed by atoms with Gasteiger partial charge >= 0.3 is 5.97 Å². The van der Waals surface area contributed by atoms with E-state index in [1.165, 1.54) is 89.9 Å². The molecule has 0 heterocycles. The van der Waals surface area contributed by atoms with E-state index < -0.39 is 18.2 Å². The standard InChI is InChI=1S/C61H101NO5/c1-4-7-10-13-16-19-22-25-28-30-31-33-36-39-42-45-48-51-54-61(66)67-57(52-49-46-43-40-37-34-27-24-21-18-15-12-9-6-3)55-60(65)62-58(56-63)59(64)53-50-47-44-41-38-35-32-29-26-23-20-17-14-11-8-5-2/h9-10,12-13,16,18-19,21-22,25,27-28,30-31,33-34,40,43,49,52,57-59,63-64H,4-8,11,14-15,17,20,23-24,26,29,32,35-39,41-42,44-48,50-51,53-56H2,1-3H3,(H,62,65)/b12-9+,13-10+,19-16+,21-18+,25-22+,30-28+,33-31+,34-27+,43-40+,52-49+. The molecule has 0 aliphatic carbocycles. The first-order valence-electron chi connectivity index (χ1n) is 27.3. The SMILES string of the molecule is CC/C=C/C/C=C/C/C=C/C/C=C/C/C=C/C(CC(=O)NC(CO)C(O)CCCCCCCCCCCCCCCCCC)OC(=O)CCCCCCC/C=C/C=C/C=C/C=C/C=C/CCC. The summed E-state index contributed by atoms with van der Waals surface area (Å²) >= 11 is 0. The number of rotatable bonds is 47. The molecule has 0 aromatic heterocycles. The molecule has 0 aromatic carbocycles. The van der Waals surface area contributed by atoms with Crippen molar-refractivity contribution >= 4 is 11.9 Å². The first-order chi connectivity index (χ1) is 33.0. The van der Waals surface area contributed by atoms with E-state index in [0.717, 1.165) is 89.9 Å². The number of unbranched alkanes of at least 4 members (excludes halogenated alkanes) is 21. The fourth-order valence-corrected chi connectivity index (χ4v) is 7.54. The van der Waals surface area contributed by atoms with Crippen molar-refractivity contribution in [2.45, 2.75) is 244 Å². The normalized spacial score (nSPS) is 14.2. The maximum absolute atomic E-state index is 13.2. The number of allylic oxidation sites excluding steroid dienone is 19. The molecule has 0 aliphatic heterocycles. The lowest BCUT2D eigenvalue weighted by atomic mass is 10.0. The molecule has 3 N–H and O–H groups in total. The summed E-state index contributed by atoms with van der Waals surface area (Å²) in [6.45, 7) is 6.24. The topological polar surface area (TPSA) is 95.9 Å². The Morgan fingerprint density at radius 2 is 0.910 bits per heavy atom. The Labute approximate surface area is 412 Å². The molecule has 67 heavy (non-hydrogen) atoms. The number of aliphatic hydroxyl groups is 2. The van der Waals surface area contributed by atoms with Crippen molar-refractivity contribution in [1.29, 1.82) is 0 Å². The Bertz CT molecular complexity index is 1410. The monoisotopic (exact) mass is 928 g/mol. The number of carbonyl (C=O) groups is 2. The molecular formula is C61H101NO5. The second-order valence-electron chi connectivity index (χ2n) is 18.0. The highest BCUT2D eigenvalue weighted by molar-refractivity contribution is 5.78. The van der Waals surface area contributed by atoms with E-state index in [9.17, 15) is 19.8 Å². The third-order valence-electron chi connectivity index (χ3n) is 11.6. The zero-order chi connectivity index (χ0) is 48.8. The maximum Gasteiger partial charge on any atom is 0.306 e. The second-order valence-corrected chi connectivity index (χ2v) is 18.0. The Balaban J connectivity index is 4.75. The average Bonchev–Trinajstić information content (AvgIpc) is 3.32. The number of hydrogen-bond donors (Lipinski definition) is 3. The third-order valence-corrected chi connectivity index (χ3v) is 11.6. The lowest BCUT2D eigenvalue weighted by Crippen LogP contribution is -2.46. The van der Waals surface area contributed by atoms with Crippen molar-refractivity contribution < 1.29 is 24.5 Å². The first-order valence-corrected chi connectivity index (χ1v) is 27.3. The summed E-state index contributed by atoms with van der Waals surface area (Å²) in [7, 11) is 0. The van der Waals surface area contributed by atoms with Crippen molar-refractivity contribution in [2.24, 2.45) is 0 Å². The average molecular weight is 928 g/mol. The molecule has 0 bridgehead atoms. The van der Waals surface area contributed by atoms with E-state index >= 15 is 0 Å². The summed E-state index contributed by atoms with van der Waals surface area (Å²) in [6.07, 6.45) is 74.3. The molecule has 3 atom stereocenters. The number of carbonyl (C=O) groups excluding carboxylic acids is 2. The van der Waals surface area contributed by atoms with Gasteiger partial charge in [-0.1, -0.05) is 265 Å². The first kappa shape index (κ1) is 63.3. The number of nitrogens with one attached hydrogen (secondary N) is 1. The Morgan fingerprint density at radius 3 is 1.40 bits per heavy atom. The number of amides is 1. The molecule has 380 valence electrons. The van der Waals surface area contributed by atoms with Crippen LogP contribution in [-0.4, -0.2) is 46.9 Å². The summed E-state index contributed by atoms with van der Waals surface area (Å²) in [5.41, 5.74) is 0. The molecule has 0 aliphatic rings. The van der Waals surface area contributed by atoms with Gasteiger partial charge in [0, 0.05) is 6.42 Å². The van der Waals surface area contributed by atoms with Crippen LogP contribution < -0.4 is 5.32 Å². The van der Waals surface area contributed by atoms with E-state index in [4.69, 9.17) is 4.74 Å². The molecule has 0 aromatic rings. The van der Waals surface area contributed by atoms with Gasteiger partial charge in [-0.05, 0) is 70.3 Å². The fraction of sp³-hybridized carbons (Fsp3) is 0.639. The summed E-state index contributed by atoms with van der Waals surface area (Å²) in [5.74, 6) is -0.666. The van der Waals surface area contributed by atoms with Crippen LogP contribution in [0.3, 0.4) is 0 Å². The molecular weight excluding hydrogens is 827 g/mol. The highest BCUT2D eigenvalue weighted by Gasteiger charge is 2.23. The van der Waals surface area contributed by atoms with Gasteiger partial charge in [-0.25, -0.2) is 0 Å². The quantitative estimate of drug-likeness (QED) is 0.0245. The molecule has 0 saturated heterocycles. The van der Waals surface area contributed by atoms with Crippen LogP contribution in [0.2, 0.25) is 0 Å². The molecule has 1 amide bonds. The van der Waals surface area contributed by atoms with Crippen LogP contribution in [0, 0.1) is 0 Å². The minimum atomic E-state index is -0.832. The van der Waals surface area contributed by atoms with Crippen LogP contribution in [0.25, 0.3) is 0 Å². The molecule has 0 rings (SSSR count).